The second-order valence-corrected chi connectivity index (χ2v) is 5.65. The summed E-state index contributed by atoms with van der Waals surface area (Å²) in [6, 6.07) is 7.90. The molecule has 1 heterocycles. The van der Waals surface area contributed by atoms with Crippen molar-refractivity contribution in [3.63, 3.8) is 0 Å². The number of nitrogens with two attached hydrogens (primary N) is 1. The van der Waals surface area contributed by atoms with Crippen molar-refractivity contribution in [3.05, 3.63) is 41.5 Å². The monoisotopic (exact) mass is 288 g/mol. The van der Waals surface area contributed by atoms with Gasteiger partial charge in [0.05, 0.1) is 7.11 Å². The van der Waals surface area contributed by atoms with Crippen LogP contribution in [0.2, 0.25) is 0 Å². The molecule has 1 amide bonds. The van der Waals surface area contributed by atoms with Crippen LogP contribution in [-0.4, -0.2) is 37.6 Å². The summed E-state index contributed by atoms with van der Waals surface area (Å²) in [5, 5.41) is 0. The van der Waals surface area contributed by atoms with Gasteiger partial charge in [0, 0.05) is 19.2 Å². The van der Waals surface area contributed by atoms with Crippen LogP contribution in [0, 0.1) is 5.92 Å². The third-order valence-electron chi connectivity index (χ3n) is 3.96. The van der Waals surface area contributed by atoms with Crippen molar-refractivity contribution >= 4 is 5.91 Å². The van der Waals surface area contributed by atoms with E-state index in [2.05, 4.69) is 0 Å². The normalized spacial score (nSPS) is 18.9. The Balaban J connectivity index is 1.99. The lowest BCUT2D eigenvalue weighted by Gasteiger charge is -2.15. The predicted octanol–water partition coefficient (Wildman–Crippen LogP) is 1.99. The molecule has 1 aliphatic rings. The fraction of sp³-hybridized carbons (Fsp3) is 0.471. The lowest BCUT2D eigenvalue weighted by Crippen LogP contribution is -2.28. The molecule has 1 aromatic rings. The van der Waals surface area contributed by atoms with Crippen molar-refractivity contribution in [1.29, 1.82) is 0 Å². The van der Waals surface area contributed by atoms with Gasteiger partial charge in [0.2, 0.25) is 5.91 Å². The number of allylic oxidation sites excluding steroid dienone is 1. The highest BCUT2D eigenvalue weighted by Gasteiger charge is 2.23. The molecule has 0 radical (unpaired) electrons. The number of amides is 1. The van der Waals surface area contributed by atoms with Crippen molar-refractivity contribution in [1.82, 2.24) is 4.90 Å². The van der Waals surface area contributed by atoms with Crippen LogP contribution < -0.4 is 10.5 Å². The van der Waals surface area contributed by atoms with Crippen LogP contribution in [0.3, 0.4) is 0 Å². The maximum absolute atomic E-state index is 12.2. The van der Waals surface area contributed by atoms with Crippen molar-refractivity contribution in [2.24, 2.45) is 11.7 Å². The van der Waals surface area contributed by atoms with E-state index in [0.717, 1.165) is 42.8 Å². The molecule has 1 unspecified atom stereocenters. The molecule has 21 heavy (non-hydrogen) atoms. The molecule has 2 N–H and O–H groups in total. The van der Waals surface area contributed by atoms with Gasteiger partial charge in [-0.3, -0.25) is 4.79 Å². The molecular formula is C17H24N2O2. The zero-order chi connectivity index (χ0) is 15.2. The third-order valence-corrected chi connectivity index (χ3v) is 3.96. The molecule has 0 saturated carbocycles. The second-order valence-electron chi connectivity index (χ2n) is 5.65. The van der Waals surface area contributed by atoms with E-state index in [4.69, 9.17) is 10.5 Å². The minimum absolute atomic E-state index is 0.0957. The summed E-state index contributed by atoms with van der Waals surface area (Å²) in [6.45, 7) is 4.25. The molecule has 0 aliphatic carbocycles. The highest BCUT2D eigenvalue weighted by atomic mass is 16.5. The molecular weight excluding hydrogens is 264 g/mol. The number of hydrogen-bond acceptors (Lipinski definition) is 3. The maximum atomic E-state index is 12.2. The molecule has 2 rings (SSSR count). The fourth-order valence-electron chi connectivity index (χ4n) is 2.73. The first-order valence-corrected chi connectivity index (χ1v) is 7.42. The van der Waals surface area contributed by atoms with Gasteiger partial charge in [-0.2, -0.15) is 0 Å². The van der Waals surface area contributed by atoms with Gasteiger partial charge in [0.25, 0.3) is 0 Å². The van der Waals surface area contributed by atoms with Crippen LogP contribution in [0.25, 0.3) is 0 Å². The van der Waals surface area contributed by atoms with Crippen LogP contribution in [-0.2, 0) is 11.2 Å². The van der Waals surface area contributed by atoms with Crippen LogP contribution in [0.15, 0.2) is 35.9 Å². The number of likely N-dealkylation sites (tertiary alicyclic amines) is 1. The van der Waals surface area contributed by atoms with E-state index in [0.29, 0.717) is 12.5 Å². The van der Waals surface area contributed by atoms with Crippen LogP contribution >= 0.6 is 0 Å². The van der Waals surface area contributed by atoms with Crippen LogP contribution in [0.1, 0.15) is 18.9 Å². The molecule has 0 bridgehead atoms. The lowest BCUT2D eigenvalue weighted by molar-refractivity contribution is -0.125. The molecule has 0 spiro atoms. The number of methoxy groups -OCH3 is 1. The van der Waals surface area contributed by atoms with E-state index in [1.807, 2.05) is 36.1 Å². The van der Waals surface area contributed by atoms with Gasteiger partial charge in [0.1, 0.15) is 5.75 Å². The van der Waals surface area contributed by atoms with E-state index in [1.165, 1.54) is 0 Å². The number of nitrogens with zero attached hydrogens (tertiary/aromatic N) is 1. The third kappa shape index (κ3) is 4.08. The summed E-state index contributed by atoms with van der Waals surface area (Å²) < 4.78 is 5.34. The summed E-state index contributed by atoms with van der Waals surface area (Å²) in [7, 11) is 1.67. The Morgan fingerprint density at radius 2 is 2.24 bits per heavy atom. The minimum atomic E-state index is 0.0957. The highest BCUT2D eigenvalue weighted by Crippen LogP contribution is 2.21. The first-order valence-electron chi connectivity index (χ1n) is 7.42. The van der Waals surface area contributed by atoms with Crippen molar-refractivity contribution in [3.8, 4) is 5.75 Å². The van der Waals surface area contributed by atoms with E-state index in [-0.39, 0.29) is 5.91 Å². The number of ether oxygens (including phenoxy) is 1. The van der Waals surface area contributed by atoms with E-state index >= 15 is 0 Å². The largest absolute Gasteiger partial charge is 0.496 e. The van der Waals surface area contributed by atoms with Crippen molar-refractivity contribution in [2.45, 2.75) is 19.8 Å². The quantitative estimate of drug-likeness (QED) is 0.843. The average molecular weight is 288 g/mol. The number of rotatable bonds is 5. The summed E-state index contributed by atoms with van der Waals surface area (Å²) in [5.74, 6) is 1.41. The molecule has 1 aromatic carbocycles. The molecule has 1 saturated heterocycles. The summed E-state index contributed by atoms with van der Waals surface area (Å²) in [4.78, 5) is 14.1. The Labute approximate surface area is 126 Å². The molecule has 4 nitrogen and oxygen atoms in total. The number of hydrogen-bond donors (Lipinski definition) is 1. The number of para-hydroxylation sites is 1. The van der Waals surface area contributed by atoms with Gasteiger partial charge < -0.3 is 15.4 Å². The van der Waals surface area contributed by atoms with E-state index in [1.54, 1.807) is 13.2 Å². The van der Waals surface area contributed by atoms with Gasteiger partial charge in [-0.25, -0.2) is 0 Å². The smallest absolute Gasteiger partial charge is 0.246 e. The van der Waals surface area contributed by atoms with Gasteiger partial charge >= 0.3 is 0 Å². The van der Waals surface area contributed by atoms with Gasteiger partial charge in [-0.15, -0.1) is 0 Å². The minimum Gasteiger partial charge on any atom is -0.496 e. The lowest BCUT2D eigenvalue weighted by atomic mass is 10.0. The fourth-order valence-corrected chi connectivity index (χ4v) is 2.73. The van der Waals surface area contributed by atoms with E-state index < -0.39 is 0 Å². The Bertz CT molecular complexity index is 525. The zero-order valence-electron chi connectivity index (χ0n) is 12.8. The molecule has 114 valence electrons. The molecule has 1 atom stereocenters. The first-order chi connectivity index (χ1) is 10.1. The summed E-state index contributed by atoms with van der Waals surface area (Å²) >= 11 is 0. The highest BCUT2D eigenvalue weighted by molar-refractivity contribution is 5.88. The Morgan fingerprint density at radius 1 is 1.48 bits per heavy atom. The summed E-state index contributed by atoms with van der Waals surface area (Å²) in [5.41, 5.74) is 7.81. The maximum Gasteiger partial charge on any atom is 0.246 e. The summed E-state index contributed by atoms with van der Waals surface area (Å²) in [6.07, 6.45) is 3.48. The van der Waals surface area contributed by atoms with Crippen molar-refractivity contribution < 1.29 is 9.53 Å². The Kier molecular flexibility index (Phi) is 5.39. The Morgan fingerprint density at radius 3 is 2.90 bits per heavy atom. The van der Waals surface area contributed by atoms with Crippen LogP contribution in [0.5, 0.6) is 5.75 Å². The SMILES string of the molecule is COc1ccccc1C/C(C)=C/C(=O)N1CCC(CN)C1. The molecule has 1 aliphatic heterocycles. The Hall–Kier alpha value is -1.81. The average Bonchev–Trinajstić information content (AvgIpc) is 2.96. The predicted molar refractivity (Wildman–Crippen MR) is 84.2 cm³/mol. The van der Waals surface area contributed by atoms with Gasteiger partial charge in [0.15, 0.2) is 0 Å². The second kappa shape index (κ2) is 7.27. The van der Waals surface area contributed by atoms with Crippen molar-refractivity contribution in [2.75, 3.05) is 26.7 Å². The topological polar surface area (TPSA) is 55.6 Å². The molecule has 0 aromatic heterocycles. The van der Waals surface area contributed by atoms with Gasteiger partial charge in [-0.05, 0) is 43.9 Å². The molecule has 1 fully saturated rings. The first kappa shape index (κ1) is 15.6. The number of carbonyl (C=O) groups excluding carboxylic acids is 1. The molecule has 4 heteroatoms. The van der Waals surface area contributed by atoms with Crippen LogP contribution in [0.4, 0.5) is 0 Å². The van der Waals surface area contributed by atoms with Gasteiger partial charge in [-0.1, -0.05) is 23.8 Å². The number of carbonyl (C=O) groups is 1. The zero-order valence-corrected chi connectivity index (χ0v) is 12.8. The number of benzene rings is 1. The van der Waals surface area contributed by atoms with E-state index in [9.17, 15) is 4.79 Å². The standard InChI is InChI=1S/C17H24N2O2/c1-13(9-15-5-3-4-6-16(15)21-2)10-17(20)19-8-7-14(11-18)12-19/h3-6,10,14H,7-9,11-12,18H2,1-2H3/b13-10+.